The summed E-state index contributed by atoms with van der Waals surface area (Å²) in [4.78, 5) is 0. The monoisotopic (exact) mass is 341 g/mol. The molecule has 2 aromatic rings. The highest BCUT2D eigenvalue weighted by atomic mass is 79.9. The van der Waals surface area contributed by atoms with E-state index in [1.807, 2.05) is 31.2 Å². The van der Waals surface area contributed by atoms with E-state index >= 15 is 0 Å². The average molecular weight is 343 g/mol. The van der Waals surface area contributed by atoms with Crippen molar-refractivity contribution in [2.24, 2.45) is 5.73 Å². The molecule has 0 amide bonds. The van der Waals surface area contributed by atoms with E-state index in [0.717, 1.165) is 15.6 Å². The van der Waals surface area contributed by atoms with E-state index in [4.69, 9.17) is 17.3 Å². The van der Waals surface area contributed by atoms with Crippen molar-refractivity contribution in [3.05, 3.63) is 68.9 Å². The normalized spacial score (nSPS) is 14.2. The quantitative estimate of drug-likeness (QED) is 0.862. The maximum atomic E-state index is 13.5. The van der Waals surface area contributed by atoms with Crippen LogP contribution in [0.25, 0.3) is 0 Å². The second kappa shape index (κ2) is 5.61. The first-order valence-corrected chi connectivity index (χ1v) is 7.05. The van der Waals surface area contributed by atoms with Crippen molar-refractivity contribution < 1.29 is 4.39 Å². The van der Waals surface area contributed by atoms with Crippen molar-refractivity contribution in [3.63, 3.8) is 0 Å². The third kappa shape index (κ3) is 3.35. The van der Waals surface area contributed by atoms with Crippen molar-refractivity contribution >= 4 is 27.5 Å². The number of benzene rings is 2. The van der Waals surface area contributed by atoms with Gasteiger partial charge in [0.05, 0.1) is 5.02 Å². The van der Waals surface area contributed by atoms with Crippen LogP contribution in [0.4, 0.5) is 4.39 Å². The van der Waals surface area contributed by atoms with Crippen molar-refractivity contribution in [2.45, 2.75) is 18.9 Å². The Labute approximate surface area is 125 Å². The number of halogens is 3. The van der Waals surface area contributed by atoms with Crippen LogP contribution < -0.4 is 5.73 Å². The highest BCUT2D eigenvalue weighted by Gasteiger charge is 2.24. The standard InChI is InChI=1S/C15H14BrClFN/c1-15(19,11-4-2-3-5-12(11)16)9-10-6-7-13(17)14(18)8-10/h2-8H,9,19H2,1H3. The Hall–Kier alpha value is -0.900. The number of hydrogen-bond donors (Lipinski definition) is 1. The van der Waals surface area contributed by atoms with E-state index in [0.29, 0.717) is 6.42 Å². The first-order chi connectivity index (χ1) is 8.90. The molecule has 0 saturated carbocycles. The second-order valence-corrected chi connectivity index (χ2v) is 6.08. The van der Waals surface area contributed by atoms with Gasteiger partial charge in [-0.15, -0.1) is 0 Å². The highest BCUT2D eigenvalue weighted by molar-refractivity contribution is 9.10. The summed E-state index contributed by atoms with van der Waals surface area (Å²) < 4.78 is 14.4. The summed E-state index contributed by atoms with van der Waals surface area (Å²) >= 11 is 9.18. The van der Waals surface area contributed by atoms with Gasteiger partial charge >= 0.3 is 0 Å². The molecule has 0 aliphatic carbocycles. The van der Waals surface area contributed by atoms with Gasteiger partial charge in [-0.1, -0.05) is 51.8 Å². The molecular formula is C15H14BrClFN. The zero-order chi connectivity index (χ0) is 14.0. The summed E-state index contributed by atoms with van der Waals surface area (Å²) in [6.45, 7) is 1.93. The lowest BCUT2D eigenvalue weighted by molar-refractivity contribution is 0.487. The Kier molecular flexibility index (Phi) is 4.29. The zero-order valence-electron chi connectivity index (χ0n) is 10.5. The van der Waals surface area contributed by atoms with Crippen LogP contribution in [0, 0.1) is 5.82 Å². The molecule has 4 heteroatoms. The molecule has 0 aromatic heterocycles. The molecule has 0 saturated heterocycles. The Morgan fingerprint density at radius 1 is 1.26 bits per heavy atom. The minimum absolute atomic E-state index is 0.128. The number of hydrogen-bond acceptors (Lipinski definition) is 1. The van der Waals surface area contributed by atoms with Crippen LogP contribution in [0.2, 0.25) is 5.02 Å². The van der Waals surface area contributed by atoms with Crippen LogP contribution in [0.1, 0.15) is 18.1 Å². The molecule has 0 spiro atoms. The van der Waals surface area contributed by atoms with Crippen molar-refractivity contribution in [2.75, 3.05) is 0 Å². The lowest BCUT2D eigenvalue weighted by atomic mass is 9.86. The average Bonchev–Trinajstić information content (AvgIpc) is 2.34. The lowest BCUT2D eigenvalue weighted by Gasteiger charge is -2.26. The van der Waals surface area contributed by atoms with Crippen molar-refractivity contribution in [1.82, 2.24) is 0 Å². The van der Waals surface area contributed by atoms with Crippen molar-refractivity contribution in [1.29, 1.82) is 0 Å². The molecule has 19 heavy (non-hydrogen) atoms. The minimum Gasteiger partial charge on any atom is -0.321 e. The van der Waals surface area contributed by atoms with Gasteiger partial charge in [-0.3, -0.25) is 0 Å². The highest BCUT2D eigenvalue weighted by Crippen LogP contribution is 2.29. The smallest absolute Gasteiger partial charge is 0.142 e. The van der Waals surface area contributed by atoms with Crippen LogP contribution in [-0.2, 0) is 12.0 Å². The minimum atomic E-state index is -0.583. The van der Waals surface area contributed by atoms with Gasteiger partial charge in [-0.05, 0) is 42.7 Å². The molecule has 1 unspecified atom stereocenters. The van der Waals surface area contributed by atoms with Crippen LogP contribution in [-0.4, -0.2) is 0 Å². The lowest BCUT2D eigenvalue weighted by Crippen LogP contribution is -2.35. The largest absolute Gasteiger partial charge is 0.321 e. The summed E-state index contributed by atoms with van der Waals surface area (Å²) in [6.07, 6.45) is 0.531. The predicted octanol–water partition coefficient (Wildman–Crippen LogP) is 4.66. The molecule has 100 valence electrons. The Bertz CT molecular complexity index is 598. The summed E-state index contributed by atoms with van der Waals surface area (Å²) in [5.74, 6) is -0.415. The van der Waals surface area contributed by atoms with Gasteiger partial charge in [0.15, 0.2) is 0 Å². The molecular weight excluding hydrogens is 329 g/mol. The first kappa shape index (κ1) is 14.5. The van der Waals surface area contributed by atoms with Crippen LogP contribution in [0.3, 0.4) is 0 Å². The molecule has 2 aromatic carbocycles. The molecule has 0 bridgehead atoms. The maximum absolute atomic E-state index is 13.5. The van der Waals surface area contributed by atoms with Crippen LogP contribution in [0.5, 0.6) is 0 Å². The third-order valence-electron chi connectivity index (χ3n) is 3.04. The van der Waals surface area contributed by atoms with Crippen LogP contribution >= 0.6 is 27.5 Å². The molecule has 2 rings (SSSR count). The number of rotatable bonds is 3. The summed E-state index contributed by atoms with van der Waals surface area (Å²) in [7, 11) is 0. The fraction of sp³-hybridized carbons (Fsp3) is 0.200. The first-order valence-electron chi connectivity index (χ1n) is 5.88. The fourth-order valence-corrected chi connectivity index (χ4v) is 2.95. The Morgan fingerprint density at radius 2 is 1.95 bits per heavy atom. The molecule has 0 heterocycles. The molecule has 0 aliphatic heterocycles. The van der Waals surface area contributed by atoms with Gasteiger partial charge in [0.1, 0.15) is 5.82 Å². The van der Waals surface area contributed by atoms with Gasteiger partial charge < -0.3 is 5.73 Å². The maximum Gasteiger partial charge on any atom is 0.142 e. The van der Waals surface area contributed by atoms with Gasteiger partial charge in [0.2, 0.25) is 0 Å². The molecule has 1 atom stereocenters. The molecule has 0 radical (unpaired) electrons. The van der Waals surface area contributed by atoms with Gasteiger partial charge in [0, 0.05) is 10.0 Å². The topological polar surface area (TPSA) is 26.0 Å². The Balaban J connectivity index is 2.31. The SMILES string of the molecule is CC(N)(Cc1ccc(Cl)c(F)c1)c1ccccc1Br. The molecule has 0 fully saturated rings. The number of nitrogens with two attached hydrogens (primary N) is 1. The van der Waals surface area contributed by atoms with E-state index in [9.17, 15) is 4.39 Å². The molecule has 1 nitrogen and oxygen atoms in total. The third-order valence-corrected chi connectivity index (χ3v) is 4.04. The van der Waals surface area contributed by atoms with Gasteiger partial charge in [-0.25, -0.2) is 4.39 Å². The van der Waals surface area contributed by atoms with Gasteiger partial charge in [-0.2, -0.15) is 0 Å². The van der Waals surface area contributed by atoms with Crippen molar-refractivity contribution in [3.8, 4) is 0 Å². The Morgan fingerprint density at radius 3 is 2.58 bits per heavy atom. The summed E-state index contributed by atoms with van der Waals surface area (Å²) in [5, 5.41) is 0.128. The van der Waals surface area contributed by atoms with E-state index in [2.05, 4.69) is 15.9 Å². The molecule has 2 N–H and O–H groups in total. The van der Waals surface area contributed by atoms with E-state index in [-0.39, 0.29) is 5.02 Å². The predicted molar refractivity (Wildman–Crippen MR) is 80.8 cm³/mol. The molecule has 0 aliphatic rings. The van der Waals surface area contributed by atoms with E-state index < -0.39 is 11.4 Å². The van der Waals surface area contributed by atoms with Crippen LogP contribution in [0.15, 0.2) is 46.9 Å². The van der Waals surface area contributed by atoms with E-state index in [1.165, 1.54) is 6.07 Å². The summed E-state index contributed by atoms with van der Waals surface area (Å²) in [6, 6.07) is 12.6. The second-order valence-electron chi connectivity index (χ2n) is 4.82. The zero-order valence-corrected chi connectivity index (χ0v) is 12.8. The summed E-state index contributed by atoms with van der Waals surface area (Å²) in [5.41, 5.74) is 7.60. The fourth-order valence-electron chi connectivity index (χ4n) is 2.09. The van der Waals surface area contributed by atoms with Gasteiger partial charge in [0.25, 0.3) is 0 Å². The van der Waals surface area contributed by atoms with E-state index in [1.54, 1.807) is 12.1 Å².